The summed E-state index contributed by atoms with van der Waals surface area (Å²) in [6.45, 7) is 0.838. The first kappa shape index (κ1) is 24.9. The molecule has 0 unspecified atom stereocenters. The second-order valence-electron chi connectivity index (χ2n) is 9.49. The summed E-state index contributed by atoms with van der Waals surface area (Å²) < 4.78 is 59.0. The molecule has 0 saturated carbocycles. The Morgan fingerprint density at radius 2 is 1.72 bits per heavy atom. The number of carbonyl (C=O) groups excluding carboxylic acids is 1. The Kier molecular flexibility index (Phi) is 6.00. The molecule has 0 bridgehead atoms. The summed E-state index contributed by atoms with van der Waals surface area (Å²) in [4.78, 5) is 26.7. The summed E-state index contributed by atoms with van der Waals surface area (Å²) in [5, 5.41) is 9.15. The van der Waals surface area contributed by atoms with Gasteiger partial charge in [-0.15, -0.1) is 0 Å². The van der Waals surface area contributed by atoms with E-state index >= 15 is 0 Å². The van der Waals surface area contributed by atoms with Crippen molar-refractivity contribution in [3.05, 3.63) is 71.8 Å². The van der Waals surface area contributed by atoms with E-state index in [1.807, 2.05) is 35.2 Å². The van der Waals surface area contributed by atoms with E-state index in [2.05, 4.69) is 0 Å². The molecule has 11 heteroatoms. The Hall–Kier alpha value is -4.41. The van der Waals surface area contributed by atoms with Crippen molar-refractivity contribution in [1.29, 1.82) is 0 Å². The number of carbonyl (C=O) groups is 2. The molecular weight excluding hydrogens is 517 g/mol. The molecule has 0 spiro atoms. The van der Waals surface area contributed by atoms with Crippen LogP contribution in [0.25, 0.3) is 0 Å². The average molecular weight is 540 g/mol. The van der Waals surface area contributed by atoms with Gasteiger partial charge in [0, 0.05) is 28.8 Å². The highest BCUT2D eigenvalue weighted by molar-refractivity contribution is 5.99. The van der Waals surface area contributed by atoms with Gasteiger partial charge in [-0.3, -0.25) is 14.5 Å². The molecular formula is C28H23F3N2O6. The number of para-hydroxylation sites is 3. The summed E-state index contributed by atoms with van der Waals surface area (Å²) in [7, 11) is 0. The SMILES string of the molecule is O=C(O)C[C@@H]1COc2cc(N(C(=O)C(F)(F)F)[C@@H]3COc4c3cccc4N3CCOc4ccccc43)ccc21. The number of alkyl halides is 3. The Labute approximate surface area is 221 Å². The fourth-order valence-electron chi connectivity index (χ4n) is 5.43. The zero-order chi connectivity index (χ0) is 27.3. The van der Waals surface area contributed by atoms with Crippen molar-refractivity contribution in [2.75, 3.05) is 36.2 Å². The van der Waals surface area contributed by atoms with Crippen molar-refractivity contribution >= 4 is 28.9 Å². The highest BCUT2D eigenvalue weighted by Gasteiger charge is 2.48. The molecule has 0 saturated heterocycles. The number of fused-ring (bicyclic) bond motifs is 3. The van der Waals surface area contributed by atoms with Crippen molar-refractivity contribution < 1.29 is 42.1 Å². The predicted octanol–water partition coefficient (Wildman–Crippen LogP) is 5.20. The molecule has 2 atom stereocenters. The minimum Gasteiger partial charge on any atom is -0.493 e. The quantitative estimate of drug-likeness (QED) is 0.476. The van der Waals surface area contributed by atoms with Crippen LogP contribution in [-0.2, 0) is 9.59 Å². The number of benzene rings is 3. The minimum absolute atomic E-state index is 0.0179. The van der Waals surface area contributed by atoms with Crippen molar-refractivity contribution in [1.82, 2.24) is 0 Å². The van der Waals surface area contributed by atoms with Crippen molar-refractivity contribution in [3.63, 3.8) is 0 Å². The number of aliphatic carboxylic acids is 1. The van der Waals surface area contributed by atoms with Gasteiger partial charge in [0.25, 0.3) is 0 Å². The maximum atomic E-state index is 13.9. The van der Waals surface area contributed by atoms with Crippen molar-refractivity contribution in [2.45, 2.75) is 24.6 Å². The van der Waals surface area contributed by atoms with Crippen LogP contribution in [0.2, 0.25) is 0 Å². The molecule has 3 aromatic carbocycles. The molecule has 8 nitrogen and oxygen atoms in total. The minimum atomic E-state index is -5.14. The number of anilines is 3. The molecule has 0 aliphatic carbocycles. The van der Waals surface area contributed by atoms with Gasteiger partial charge in [0.05, 0.1) is 37.0 Å². The monoisotopic (exact) mass is 540 g/mol. The van der Waals surface area contributed by atoms with Gasteiger partial charge in [0.15, 0.2) is 0 Å². The molecule has 1 N–H and O–H groups in total. The third kappa shape index (κ3) is 4.37. The van der Waals surface area contributed by atoms with Gasteiger partial charge in [-0.25, -0.2) is 0 Å². The van der Waals surface area contributed by atoms with E-state index < -0.39 is 30.0 Å². The number of carboxylic acids is 1. The average Bonchev–Trinajstić information content (AvgIpc) is 3.52. The van der Waals surface area contributed by atoms with Crippen LogP contribution >= 0.6 is 0 Å². The number of ether oxygens (including phenoxy) is 3. The molecule has 3 heterocycles. The standard InChI is InChI=1S/C28H23F3N2O6/c29-28(30,31)27(36)33(17-8-9-18-16(12-25(34)35)14-38-24(18)13-17)22-15-39-26-19(22)4-3-6-21(26)32-10-11-37-23-7-2-1-5-20(23)32/h1-9,13,16,22H,10-12,14-15H2,(H,34,35)/t16-,22-/m1/s1. The van der Waals surface area contributed by atoms with Crippen LogP contribution in [0.3, 0.4) is 0 Å². The van der Waals surface area contributed by atoms with Gasteiger partial charge in [-0.2, -0.15) is 13.2 Å². The van der Waals surface area contributed by atoms with Crippen LogP contribution in [-0.4, -0.2) is 49.5 Å². The van der Waals surface area contributed by atoms with E-state index in [0.29, 0.717) is 46.4 Å². The normalized spacial score (nSPS) is 19.2. The van der Waals surface area contributed by atoms with Crippen LogP contribution < -0.4 is 24.0 Å². The van der Waals surface area contributed by atoms with Crippen LogP contribution in [0, 0.1) is 0 Å². The molecule has 3 aliphatic rings. The van der Waals surface area contributed by atoms with E-state index in [0.717, 1.165) is 5.69 Å². The molecule has 39 heavy (non-hydrogen) atoms. The molecule has 202 valence electrons. The smallest absolute Gasteiger partial charge is 0.471 e. The lowest BCUT2D eigenvalue weighted by Gasteiger charge is -2.32. The van der Waals surface area contributed by atoms with E-state index in [4.69, 9.17) is 19.3 Å². The summed E-state index contributed by atoms with van der Waals surface area (Å²) >= 11 is 0. The number of rotatable bonds is 5. The van der Waals surface area contributed by atoms with Crippen LogP contribution in [0.15, 0.2) is 60.7 Å². The van der Waals surface area contributed by atoms with Crippen molar-refractivity contribution in [2.24, 2.45) is 0 Å². The molecule has 0 radical (unpaired) electrons. The topological polar surface area (TPSA) is 88.5 Å². The Morgan fingerprint density at radius 1 is 0.923 bits per heavy atom. The van der Waals surface area contributed by atoms with Crippen molar-refractivity contribution in [3.8, 4) is 17.2 Å². The maximum Gasteiger partial charge on any atom is 0.471 e. The Balaban J connectivity index is 1.40. The molecule has 3 aliphatic heterocycles. The second kappa shape index (κ2) is 9.40. The van der Waals surface area contributed by atoms with Gasteiger partial charge in [-0.1, -0.05) is 30.3 Å². The largest absolute Gasteiger partial charge is 0.493 e. The van der Waals surface area contributed by atoms with E-state index in [1.54, 1.807) is 12.1 Å². The lowest BCUT2D eigenvalue weighted by molar-refractivity contribution is -0.171. The van der Waals surface area contributed by atoms with Gasteiger partial charge >= 0.3 is 18.1 Å². The van der Waals surface area contributed by atoms with Crippen LogP contribution in [0.1, 0.15) is 29.5 Å². The number of hydrogen-bond acceptors (Lipinski definition) is 6. The molecule has 3 aromatic rings. The van der Waals surface area contributed by atoms with Gasteiger partial charge < -0.3 is 24.2 Å². The molecule has 6 rings (SSSR count). The Morgan fingerprint density at radius 3 is 2.51 bits per heavy atom. The summed E-state index contributed by atoms with van der Waals surface area (Å²) in [6.07, 6.45) is -5.32. The van der Waals surface area contributed by atoms with Gasteiger partial charge in [0.1, 0.15) is 30.5 Å². The lowest BCUT2D eigenvalue weighted by atomic mass is 9.97. The fourth-order valence-corrected chi connectivity index (χ4v) is 5.43. The highest BCUT2D eigenvalue weighted by Crippen LogP contribution is 2.49. The van der Waals surface area contributed by atoms with Gasteiger partial charge in [0.2, 0.25) is 0 Å². The lowest BCUT2D eigenvalue weighted by Crippen LogP contribution is -2.44. The first-order chi connectivity index (χ1) is 18.7. The fraction of sp³-hybridized carbons (Fsp3) is 0.286. The molecule has 0 aromatic heterocycles. The zero-order valence-corrected chi connectivity index (χ0v) is 20.5. The highest BCUT2D eigenvalue weighted by atomic mass is 19.4. The van der Waals surface area contributed by atoms with E-state index in [-0.39, 0.29) is 31.1 Å². The number of halogens is 3. The number of nitrogens with zero attached hydrogens (tertiary/aromatic N) is 2. The summed E-state index contributed by atoms with van der Waals surface area (Å²) in [5.74, 6) is -2.12. The first-order valence-corrected chi connectivity index (χ1v) is 12.4. The number of carboxylic acid groups (broad SMARTS) is 1. The maximum absolute atomic E-state index is 13.9. The Bertz CT molecular complexity index is 1460. The van der Waals surface area contributed by atoms with E-state index in [9.17, 15) is 22.8 Å². The predicted molar refractivity (Wildman–Crippen MR) is 134 cm³/mol. The summed E-state index contributed by atoms with van der Waals surface area (Å²) in [5.41, 5.74) is 2.48. The zero-order valence-electron chi connectivity index (χ0n) is 20.5. The second-order valence-corrected chi connectivity index (χ2v) is 9.49. The van der Waals surface area contributed by atoms with Crippen LogP contribution in [0.5, 0.6) is 17.2 Å². The molecule has 0 fully saturated rings. The third-order valence-electron chi connectivity index (χ3n) is 7.14. The molecule has 1 amide bonds. The van der Waals surface area contributed by atoms with Crippen LogP contribution in [0.4, 0.5) is 30.2 Å². The first-order valence-electron chi connectivity index (χ1n) is 12.4. The van der Waals surface area contributed by atoms with Gasteiger partial charge in [-0.05, 0) is 24.3 Å². The van der Waals surface area contributed by atoms with E-state index in [1.165, 1.54) is 18.2 Å². The third-order valence-corrected chi connectivity index (χ3v) is 7.14. The summed E-state index contributed by atoms with van der Waals surface area (Å²) in [6, 6.07) is 15.9. The number of hydrogen-bond donors (Lipinski definition) is 1. The number of amides is 1.